The number of nitrogens with one attached hydrogen (secondary N) is 1. The lowest BCUT2D eigenvalue weighted by molar-refractivity contribution is 0.371. The Morgan fingerprint density at radius 1 is 1.41 bits per heavy atom. The van der Waals surface area contributed by atoms with E-state index in [4.69, 9.17) is 4.74 Å². The molecule has 1 N–H and O–H groups in total. The third-order valence-corrected chi connectivity index (χ3v) is 3.25. The second-order valence-corrected chi connectivity index (χ2v) is 4.96. The Kier molecular flexibility index (Phi) is 4.02. The third kappa shape index (κ3) is 2.99. The lowest BCUT2D eigenvalue weighted by Gasteiger charge is -2.17. The summed E-state index contributed by atoms with van der Waals surface area (Å²) < 4.78 is 5.42. The van der Waals surface area contributed by atoms with E-state index in [1.54, 1.807) is 7.11 Å². The van der Waals surface area contributed by atoms with Crippen LogP contribution in [0.25, 0.3) is 0 Å². The van der Waals surface area contributed by atoms with Gasteiger partial charge in [0.15, 0.2) is 0 Å². The van der Waals surface area contributed by atoms with Crippen LogP contribution in [0, 0.1) is 0 Å². The summed E-state index contributed by atoms with van der Waals surface area (Å²) in [6.07, 6.45) is 2.52. The zero-order chi connectivity index (χ0) is 12.3. The number of hydrogen-bond acceptors (Lipinski definition) is 3. The smallest absolute Gasteiger partial charge is 0.123 e. The highest BCUT2D eigenvalue weighted by Crippen LogP contribution is 2.28. The summed E-state index contributed by atoms with van der Waals surface area (Å²) in [6.45, 7) is 2.06. The zero-order valence-electron chi connectivity index (χ0n) is 11.0. The van der Waals surface area contributed by atoms with Gasteiger partial charge in [0.05, 0.1) is 7.11 Å². The Morgan fingerprint density at radius 3 is 2.82 bits per heavy atom. The Hall–Kier alpha value is -1.06. The number of nitrogens with zero attached hydrogens (tertiary/aromatic N) is 1. The molecule has 1 aliphatic rings. The summed E-state index contributed by atoms with van der Waals surface area (Å²) in [4.78, 5) is 2.17. The van der Waals surface area contributed by atoms with Gasteiger partial charge in [0.1, 0.15) is 5.75 Å². The fourth-order valence-corrected chi connectivity index (χ4v) is 2.45. The molecule has 2 rings (SSSR count). The second kappa shape index (κ2) is 5.52. The van der Waals surface area contributed by atoms with E-state index in [1.165, 1.54) is 24.0 Å². The van der Waals surface area contributed by atoms with Gasteiger partial charge in [-0.15, -0.1) is 0 Å². The summed E-state index contributed by atoms with van der Waals surface area (Å²) in [6, 6.07) is 7.08. The van der Waals surface area contributed by atoms with E-state index < -0.39 is 0 Å². The largest absolute Gasteiger partial charge is 0.496 e. The highest BCUT2D eigenvalue weighted by Gasteiger charge is 2.17. The van der Waals surface area contributed by atoms with Crippen molar-refractivity contribution in [1.29, 1.82) is 0 Å². The van der Waals surface area contributed by atoms with Gasteiger partial charge in [0.2, 0.25) is 0 Å². The molecule has 17 heavy (non-hydrogen) atoms. The molecule has 0 spiro atoms. The molecule has 0 radical (unpaired) electrons. The molecule has 0 aliphatic carbocycles. The first-order valence-corrected chi connectivity index (χ1v) is 6.25. The Balaban J connectivity index is 2.23. The molecule has 1 aromatic carbocycles. The van der Waals surface area contributed by atoms with Gasteiger partial charge in [-0.05, 0) is 51.2 Å². The standard InChI is InChI=1S/C14H22N2O/c1-16(2)10-12-9-11(6-7-14(12)17-3)13-5-4-8-15-13/h6-7,9,13,15H,4-5,8,10H2,1-3H3. The van der Waals surface area contributed by atoms with E-state index in [1.807, 2.05) is 0 Å². The van der Waals surface area contributed by atoms with E-state index in [0.717, 1.165) is 18.8 Å². The predicted molar refractivity (Wildman–Crippen MR) is 70.4 cm³/mol. The Labute approximate surface area is 104 Å². The van der Waals surface area contributed by atoms with Crippen LogP contribution in [-0.2, 0) is 6.54 Å². The average Bonchev–Trinajstić information content (AvgIpc) is 2.81. The first-order valence-electron chi connectivity index (χ1n) is 6.25. The summed E-state index contributed by atoms with van der Waals surface area (Å²) in [7, 11) is 5.90. The lowest BCUT2D eigenvalue weighted by Crippen LogP contribution is -2.15. The monoisotopic (exact) mass is 234 g/mol. The van der Waals surface area contributed by atoms with E-state index in [2.05, 4.69) is 42.5 Å². The van der Waals surface area contributed by atoms with Crippen LogP contribution in [0.5, 0.6) is 5.75 Å². The molecule has 94 valence electrons. The summed E-state index contributed by atoms with van der Waals surface area (Å²) in [5.41, 5.74) is 2.66. The molecule has 1 heterocycles. The number of hydrogen-bond donors (Lipinski definition) is 1. The van der Waals surface area contributed by atoms with Crippen molar-refractivity contribution in [1.82, 2.24) is 10.2 Å². The molecule has 0 aromatic heterocycles. The topological polar surface area (TPSA) is 24.5 Å². The van der Waals surface area contributed by atoms with Gasteiger partial charge < -0.3 is 15.0 Å². The normalized spacial score (nSPS) is 19.9. The van der Waals surface area contributed by atoms with Crippen LogP contribution in [0.15, 0.2) is 18.2 Å². The van der Waals surface area contributed by atoms with E-state index >= 15 is 0 Å². The van der Waals surface area contributed by atoms with Crippen molar-refractivity contribution in [2.24, 2.45) is 0 Å². The van der Waals surface area contributed by atoms with E-state index in [-0.39, 0.29) is 0 Å². The number of rotatable bonds is 4. The number of ether oxygens (including phenoxy) is 1. The van der Waals surface area contributed by atoms with Crippen LogP contribution in [0.2, 0.25) is 0 Å². The van der Waals surface area contributed by atoms with Crippen molar-refractivity contribution in [3.05, 3.63) is 29.3 Å². The highest BCUT2D eigenvalue weighted by atomic mass is 16.5. The van der Waals surface area contributed by atoms with Crippen molar-refractivity contribution in [3.63, 3.8) is 0 Å². The fourth-order valence-electron chi connectivity index (χ4n) is 2.45. The van der Waals surface area contributed by atoms with E-state index in [9.17, 15) is 0 Å². The van der Waals surface area contributed by atoms with Gasteiger partial charge in [-0.1, -0.05) is 6.07 Å². The van der Waals surface area contributed by atoms with Crippen LogP contribution < -0.4 is 10.1 Å². The molecule has 1 unspecified atom stereocenters. The van der Waals surface area contributed by atoms with Crippen molar-refractivity contribution in [2.75, 3.05) is 27.7 Å². The van der Waals surface area contributed by atoms with Gasteiger partial charge in [-0.3, -0.25) is 0 Å². The molecule has 1 aromatic rings. The third-order valence-electron chi connectivity index (χ3n) is 3.25. The maximum Gasteiger partial charge on any atom is 0.123 e. The molecular formula is C14H22N2O. The zero-order valence-corrected chi connectivity index (χ0v) is 11.0. The maximum atomic E-state index is 5.42. The van der Waals surface area contributed by atoms with Crippen molar-refractivity contribution in [3.8, 4) is 5.75 Å². The molecule has 1 saturated heterocycles. The van der Waals surface area contributed by atoms with Crippen LogP contribution in [0.3, 0.4) is 0 Å². The second-order valence-electron chi connectivity index (χ2n) is 4.96. The number of benzene rings is 1. The maximum absolute atomic E-state index is 5.42. The SMILES string of the molecule is COc1ccc(C2CCCN2)cc1CN(C)C. The molecule has 3 heteroatoms. The van der Waals surface area contributed by atoms with Crippen LogP contribution in [-0.4, -0.2) is 32.6 Å². The molecule has 0 amide bonds. The van der Waals surface area contributed by atoms with Crippen molar-refractivity contribution in [2.45, 2.75) is 25.4 Å². The van der Waals surface area contributed by atoms with Gasteiger partial charge in [-0.25, -0.2) is 0 Å². The lowest BCUT2D eigenvalue weighted by atomic mass is 10.0. The van der Waals surface area contributed by atoms with Crippen LogP contribution in [0.4, 0.5) is 0 Å². The summed E-state index contributed by atoms with van der Waals surface area (Å²) >= 11 is 0. The molecule has 0 bridgehead atoms. The Morgan fingerprint density at radius 2 is 2.24 bits per heavy atom. The van der Waals surface area contributed by atoms with Crippen LogP contribution >= 0.6 is 0 Å². The molecule has 0 saturated carbocycles. The first kappa shape index (κ1) is 12.4. The minimum absolute atomic E-state index is 0.529. The molecule has 1 atom stereocenters. The van der Waals surface area contributed by atoms with E-state index in [0.29, 0.717) is 6.04 Å². The van der Waals surface area contributed by atoms with Crippen LogP contribution in [0.1, 0.15) is 30.0 Å². The number of methoxy groups -OCH3 is 1. The van der Waals surface area contributed by atoms with Gasteiger partial charge in [0.25, 0.3) is 0 Å². The molecule has 1 fully saturated rings. The minimum Gasteiger partial charge on any atom is -0.496 e. The first-order chi connectivity index (χ1) is 8.20. The average molecular weight is 234 g/mol. The quantitative estimate of drug-likeness (QED) is 0.864. The predicted octanol–water partition coefficient (Wildman–Crippen LogP) is 2.18. The fraction of sp³-hybridized carbons (Fsp3) is 0.571. The highest BCUT2D eigenvalue weighted by molar-refractivity contribution is 5.38. The van der Waals surface area contributed by atoms with Gasteiger partial charge in [0, 0.05) is 18.2 Å². The molecule has 1 aliphatic heterocycles. The van der Waals surface area contributed by atoms with Gasteiger partial charge >= 0.3 is 0 Å². The molecular weight excluding hydrogens is 212 g/mol. The van der Waals surface area contributed by atoms with Gasteiger partial charge in [-0.2, -0.15) is 0 Å². The van der Waals surface area contributed by atoms with Crippen molar-refractivity contribution < 1.29 is 4.74 Å². The Bertz CT molecular complexity index is 370. The minimum atomic E-state index is 0.529. The summed E-state index contributed by atoms with van der Waals surface area (Å²) in [5.74, 6) is 0.987. The molecule has 3 nitrogen and oxygen atoms in total. The summed E-state index contributed by atoms with van der Waals surface area (Å²) in [5, 5.41) is 3.54. The van der Waals surface area contributed by atoms with Crippen molar-refractivity contribution >= 4 is 0 Å².